The number of ether oxygens (including phenoxy) is 4. The predicted molar refractivity (Wildman–Crippen MR) is 361 cm³/mol. The van der Waals surface area contributed by atoms with Gasteiger partial charge in [0.05, 0.1) is 40.3 Å². The van der Waals surface area contributed by atoms with Crippen molar-refractivity contribution in [2.24, 2.45) is 0 Å². The molecule has 9 heteroatoms. The van der Waals surface area contributed by atoms with Gasteiger partial charge in [-0.2, -0.15) is 0 Å². The average molecular weight is 1180 g/mol. The number of unbranched alkanes of at least 4 members (excludes halogenated alkanes) is 25. The quantitative estimate of drug-likeness (QED) is 0.0195. The van der Waals surface area contributed by atoms with Gasteiger partial charge in [-0.15, -0.1) is 0 Å². The first-order valence-electron chi connectivity index (χ1n) is 34.3. The molecule has 2 atom stereocenters. The maximum absolute atomic E-state index is 12.9. The third-order valence-electron chi connectivity index (χ3n) is 14.4. The Morgan fingerprint density at radius 1 is 0.365 bits per heavy atom. The summed E-state index contributed by atoms with van der Waals surface area (Å²) in [6.07, 6.45) is 90.9. The van der Waals surface area contributed by atoms with Crippen LogP contribution in [0.15, 0.2) is 134 Å². The summed E-state index contributed by atoms with van der Waals surface area (Å²) in [5.74, 6) is -2.32. The monoisotopic (exact) mass is 1180 g/mol. The van der Waals surface area contributed by atoms with Crippen molar-refractivity contribution in [3.05, 3.63) is 134 Å². The van der Waals surface area contributed by atoms with Crippen molar-refractivity contribution in [3.8, 4) is 0 Å². The van der Waals surface area contributed by atoms with Crippen molar-refractivity contribution >= 4 is 17.9 Å². The molecular weight excluding hydrogens is 1050 g/mol. The van der Waals surface area contributed by atoms with Crippen LogP contribution < -0.4 is 5.11 Å². The second-order valence-electron chi connectivity index (χ2n) is 23.7. The van der Waals surface area contributed by atoms with Gasteiger partial charge in [-0.3, -0.25) is 9.59 Å². The van der Waals surface area contributed by atoms with Gasteiger partial charge in [0, 0.05) is 12.8 Å². The topological polar surface area (TPSA) is 111 Å². The molecule has 0 aliphatic heterocycles. The number of carbonyl (C=O) groups is 3. The lowest BCUT2D eigenvalue weighted by molar-refractivity contribution is -0.870. The Morgan fingerprint density at radius 2 is 0.671 bits per heavy atom. The molecule has 0 aromatic heterocycles. The molecule has 85 heavy (non-hydrogen) atoms. The lowest BCUT2D eigenvalue weighted by Crippen LogP contribution is -2.44. The Morgan fingerprint density at radius 3 is 1.01 bits per heavy atom. The van der Waals surface area contributed by atoms with Crippen LogP contribution in [0.1, 0.15) is 271 Å². The van der Waals surface area contributed by atoms with Crippen molar-refractivity contribution in [1.29, 1.82) is 0 Å². The Bertz CT molecular complexity index is 1860. The highest BCUT2D eigenvalue weighted by molar-refractivity contribution is 5.70. The van der Waals surface area contributed by atoms with E-state index in [2.05, 4.69) is 148 Å². The molecule has 2 unspecified atom stereocenters. The van der Waals surface area contributed by atoms with Crippen molar-refractivity contribution in [1.82, 2.24) is 0 Å². The van der Waals surface area contributed by atoms with Gasteiger partial charge in [-0.1, -0.05) is 276 Å². The molecule has 484 valence electrons. The molecule has 0 spiro atoms. The van der Waals surface area contributed by atoms with Crippen LogP contribution in [0.4, 0.5) is 0 Å². The number of allylic oxidation sites excluding steroid dienone is 22. The van der Waals surface area contributed by atoms with E-state index in [0.29, 0.717) is 17.4 Å². The Kier molecular flexibility index (Phi) is 61.9. The number of rotatable bonds is 62. The number of hydrogen-bond donors (Lipinski definition) is 0. The van der Waals surface area contributed by atoms with E-state index in [9.17, 15) is 19.5 Å². The summed E-state index contributed by atoms with van der Waals surface area (Å²) >= 11 is 0. The second-order valence-corrected chi connectivity index (χ2v) is 23.7. The Labute approximate surface area is 522 Å². The molecule has 0 aromatic rings. The third kappa shape index (κ3) is 66.8. The number of hydrogen-bond acceptors (Lipinski definition) is 8. The minimum atomic E-state index is -1.64. The highest BCUT2D eigenvalue weighted by atomic mass is 16.7. The lowest BCUT2D eigenvalue weighted by atomic mass is 10.0. The maximum Gasteiger partial charge on any atom is 0.306 e. The summed E-state index contributed by atoms with van der Waals surface area (Å²) in [6.45, 7) is 4.61. The van der Waals surface area contributed by atoms with Crippen LogP contribution in [0.2, 0.25) is 0 Å². The minimum absolute atomic E-state index is 0.136. The number of carboxylic acids is 1. The molecule has 9 nitrogen and oxygen atoms in total. The molecule has 0 radical (unpaired) electrons. The van der Waals surface area contributed by atoms with Crippen molar-refractivity contribution in [2.75, 3.05) is 47.5 Å². The van der Waals surface area contributed by atoms with Gasteiger partial charge in [0.25, 0.3) is 0 Å². The van der Waals surface area contributed by atoms with Crippen LogP contribution in [0.5, 0.6) is 0 Å². The molecule has 0 N–H and O–H groups in total. The van der Waals surface area contributed by atoms with Gasteiger partial charge in [0.1, 0.15) is 13.2 Å². The van der Waals surface area contributed by atoms with Gasteiger partial charge in [0.15, 0.2) is 12.4 Å². The normalized spacial score (nSPS) is 13.6. The van der Waals surface area contributed by atoms with E-state index in [1.54, 1.807) is 0 Å². The minimum Gasteiger partial charge on any atom is -0.545 e. The average Bonchev–Trinajstić information content (AvgIpc) is 3.48. The van der Waals surface area contributed by atoms with Crippen molar-refractivity contribution in [3.63, 3.8) is 0 Å². The fourth-order valence-corrected chi connectivity index (χ4v) is 9.15. The third-order valence-corrected chi connectivity index (χ3v) is 14.4. The maximum atomic E-state index is 12.9. The molecule has 0 fully saturated rings. The highest BCUT2D eigenvalue weighted by Gasteiger charge is 2.22. The summed E-state index contributed by atoms with van der Waals surface area (Å²) in [5.41, 5.74) is 0. The van der Waals surface area contributed by atoms with E-state index in [-0.39, 0.29) is 38.6 Å². The summed E-state index contributed by atoms with van der Waals surface area (Å²) in [4.78, 5) is 37.5. The summed E-state index contributed by atoms with van der Waals surface area (Å²) in [5, 5.41) is 11.8. The molecule has 0 amide bonds. The first-order valence-corrected chi connectivity index (χ1v) is 34.3. The van der Waals surface area contributed by atoms with E-state index in [1.165, 1.54) is 128 Å². The zero-order valence-corrected chi connectivity index (χ0v) is 55.2. The summed E-state index contributed by atoms with van der Waals surface area (Å²) in [6, 6.07) is 0. The standard InChI is InChI=1S/C76H127NO8/c1-6-8-10-12-14-16-18-20-22-24-26-28-30-32-33-34-35-36-37-38-39-40-41-43-45-47-49-51-53-55-57-59-61-63-65-67-74(79)85-72(71-84-76(75(80)81)82-69-68-77(3,4)5)70-83-73(78)66-64-62-60-58-56-54-52-50-48-46-44-42-31-29-27-25-23-21-19-17-15-13-11-9-7-2/h8,10,14,16,20,22,25-28,32-33,35-36,38-39,41,43,47,49,53,55,72,76H,6-7,9,11-13,15,17-19,21,23-24,29-31,34,37,40,42,44-46,48,50-52,54,56-71H2,1-5H3/b10-8-,16-14-,22-20-,27-25-,28-26-,33-32-,36-35-,39-38-,43-41-,49-47-,55-53-. The molecule has 0 aromatic carbocycles. The molecule has 0 rings (SSSR count). The molecule has 0 aliphatic carbocycles. The zero-order chi connectivity index (χ0) is 61.9. The predicted octanol–water partition coefficient (Wildman–Crippen LogP) is 20.0. The van der Waals surface area contributed by atoms with Crippen LogP contribution in [0.25, 0.3) is 0 Å². The smallest absolute Gasteiger partial charge is 0.306 e. The van der Waals surface area contributed by atoms with E-state index in [1.807, 2.05) is 21.1 Å². The number of carboxylic acid groups (broad SMARTS) is 1. The fraction of sp³-hybridized carbons (Fsp3) is 0.671. The lowest BCUT2D eigenvalue weighted by Gasteiger charge is -2.26. The highest BCUT2D eigenvalue weighted by Crippen LogP contribution is 2.16. The fourth-order valence-electron chi connectivity index (χ4n) is 9.15. The first kappa shape index (κ1) is 80.4. The zero-order valence-electron chi connectivity index (χ0n) is 55.2. The molecule has 0 heterocycles. The van der Waals surface area contributed by atoms with E-state index in [0.717, 1.165) is 109 Å². The van der Waals surface area contributed by atoms with Crippen LogP contribution in [0, 0.1) is 0 Å². The van der Waals surface area contributed by atoms with E-state index < -0.39 is 24.3 Å². The molecule has 0 saturated carbocycles. The van der Waals surface area contributed by atoms with Crippen molar-refractivity contribution < 1.29 is 42.9 Å². The summed E-state index contributed by atoms with van der Waals surface area (Å²) < 4.78 is 22.7. The number of carbonyl (C=O) groups excluding carboxylic acids is 3. The number of nitrogens with zero attached hydrogens (tertiary/aromatic N) is 1. The second kappa shape index (κ2) is 65.4. The van der Waals surface area contributed by atoms with Crippen LogP contribution >= 0.6 is 0 Å². The number of esters is 2. The SMILES string of the molecule is CC/C=C\C/C=C\C/C=C\C/C=C\C/C=C\C/C=C\C/C=C\C/C=C\C/C=C\C/C=C\CCCCCCC(=O)OC(COC(=O)CCCCCCCCCCCCCCC/C=C\CCCCCCCCCC)COC(OCC[N+](C)(C)C)C(=O)[O-]. The Hall–Kier alpha value is -4.57. The Balaban J connectivity index is 4.25. The summed E-state index contributed by atoms with van der Waals surface area (Å²) in [7, 11) is 5.91. The van der Waals surface area contributed by atoms with E-state index >= 15 is 0 Å². The van der Waals surface area contributed by atoms with Gasteiger partial charge in [-0.05, 0) is 116 Å². The number of aliphatic carboxylic acids is 1. The van der Waals surface area contributed by atoms with Gasteiger partial charge >= 0.3 is 11.9 Å². The van der Waals surface area contributed by atoms with E-state index in [4.69, 9.17) is 18.9 Å². The van der Waals surface area contributed by atoms with Crippen LogP contribution in [-0.2, 0) is 33.3 Å². The van der Waals surface area contributed by atoms with Crippen LogP contribution in [-0.4, -0.2) is 82.3 Å². The molecule has 0 saturated heterocycles. The van der Waals surface area contributed by atoms with Crippen LogP contribution in [0.3, 0.4) is 0 Å². The molecule has 0 aliphatic rings. The van der Waals surface area contributed by atoms with Gasteiger partial charge < -0.3 is 33.3 Å². The van der Waals surface area contributed by atoms with Crippen molar-refractivity contribution in [2.45, 2.75) is 283 Å². The number of likely N-dealkylation sites (N-methyl/N-ethyl adjacent to an activating group) is 1. The largest absolute Gasteiger partial charge is 0.545 e. The first-order chi connectivity index (χ1) is 41.6. The van der Waals surface area contributed by atoms with Gasteiger partial charge in [-0.25, -0.2) is 0 Å². The number of quaternary nitrogens is 1. The molecular formula is C76H127NO8. The molecule has 0 bridgehead atoms. The van der Waals surface area contributed by atoms with Gasteiger partial charge in [0.2, 0.25) is 0 Å².